The molecule has 3 aromatic rings. The number of hydrogen-bond acceptors (Lipinski definition) is 2. The van der Waals surface area contributed by atoms with Crippen molar-refractivity contribution in [3.8, 4) is 0 Å². The van der Waals surface area contributed by atoms with Crippen LogP contribution >= 0.6 is 0 Å². The van der Waals surface area contributed by atoms with Gasteiger partial charge in [0.15, 0.2) is 0 Å². The van der Waals surface area contributed by atoms with Crippen molar-refractivity contribution in [1.29, 1.82) is 0 Å². The molecule has 0 unspecified atom stereocenters. The van der Waals surface area contributed by atoms with Gasteiger partial charge in [-0.05, 0) is 29.7 Å². The molecule has 3 heteroatoms. The van der Waals surface area contributed by atoms with Gasteiger partial charge in [-0.25, -0.2) is 0 Å². The molecular weight excluding hydrogens is 310 g/mol. The predicted octanol–water partition coefficient (Wildman–Crippen LogP) is 4.27. The van der Waals surface area contributed by atoms with Crippen LogP contribution in [0.5, 0.6) is 0 Å². The first-order valence-electron chi connectivity index (χ1n) is 8.31. The maximum absolute atomic E-state index is 12.9. The summed E-state index contributed by atoms with van der Waals surface area (Å²) < 4.78 is 0. The van der Waals surface area contributed by atoms with E-state index in [1.54, 1.807) is 24.3 Å². The average molecular weight is 327 g/mol. The molecule has 3 nitrogen and oxygen atoms in total. The smallest absolute Gasteiger partial charge is 0.262 e. The van der Waals surface area contributed by atoms with Crippen LogP contribution in [-0.2, 0) is 6.42 Å². The third-order valence-corrected chi connectivity index (χ3v) is 4.59. The second-order valence-corrected chi connectivity index (χ2v) is 6.14. The van der Waals surface area contributed by atoms with Crippen LogP contribution in [0.2, 0.25) is 0 Å². The average Bonchev–Trinajstić information content (AvgIpc) is 2.93. The van der Waals surface area contributed by atoms with E-state index in [-0.39, 0.29) is 17.9 Å². The molecule has 1 aliphatic heterocycles. The van der Waals surface area contributed by atoms with E-state index in [9.17, 15) is 9.59 Å². The number of rotatable bonds is 4. The fourth-order valence-corrected chi connectivity index (χ4v) is 3.36. The zero-order valence-electron chi connectivity index (χ0n) is 13.6. The molecule has 1 atom stereocenters. The summed E-state index contributed by atoms with van der Waals surface area (Å²) in [5.41, 5.74) is 3.02. The first-order chi connectivity index (χ1) is 12.3. The van der Waals surface area contributed by atoms with E-state index in [1.807, 2.05) is 60.7 Å². The summed E-state index contributed by atoms with van der Waals surface area (Å²) in [5.74, 6) is -0.434. The first-order valence-corrected chi connectivity index (χ1v) is 8.31. The third kappa shape index (κ3) is 2.74. The molecule has 0 fully saturated rings. The highest BCUT2D eigenvalue weighted by molar-refractivity contribution is 6.21. The minimum atomic E-state index is -0.323. The van der Waals surface area contributed by atoms with Crippen LogP contribution in [0.1, 0.15) is 37.9 Å². The number of fused-ring (bicyclic) bond motifs is 1. The summed E-state index contributed by atoms with van der Waals surface area (Å²) in [4.78, 5) is 27.2. The fourth-order valence-electron chi connectivity index (χ4n) is 3.36. The van der Waals surface area contributed by atoms with E-state index in [0.717, 1.165) is 11.1 Å². The summed E-state index contributed by atoms with van der Waals surface area (Å²) >= 11 is 0. The second-order valence-electron chi connectivity index (χ2n) is 6.14. The van der Waals surface area contributed by atoms with Crippen molar-refractivity contribution in [2.75, 3.05) is 0 Å². The van der Waals surface area contributed by atoms with Crippen molar-refractivity contribution in [1.82, 2.24) is 4.90 Å². The SMILES string of the molecule is O=C1c2ccccc2C(=O)N1[C@H](Cc1ccccc1)c1ccccc1. The number of nitrogens with zero attached hydrogens (tertiary/aromatic N) is 1. The van der Waals surface area contributed by atoms with Crippen LogP contribution in [-0.4, -0.2) is 16.7 Å². The van der Waals surface area contributed by atoms with Gasteiger partial charge in [-0.1, -0.05) is 72.8 Å². The minimum absolute atomic E-state index is 0.217. The Morgan fingerprint density at radius 3 is 1.68 bits per heavy atom. The van der Waals surface area contributed by atoms with Crippen molar-refractivity contribution in [3.63, 3.8) is 0 Å². The van der Waals surface area contributed by atoms with Gasteiger partial charge >= 0.3 is 0 Å². The summed E-state index contributed by atoms with van der Waals surface area (Å²) in [6.45, 7) is 0. The lowest BCUT2D eigenvalue weighted by Crippen LogP contribution is -2.35. The molecule has 3 aromatic carbocycles. The highest BCUT2D eigenvalue weighted by atomic mass is 16.2. The van der Waals surface area contributed by atoms with Gasteiger partial charge in [0.1, 0.15) is 0 Å². The fraction of sp³-hybridized carbons (Fsp3) is 0.0909. The molecule has 122 valence electrons. The minimum Gasteiger partial charge on any atom is -0.269 e. The molecule has 0 N–H and O–H groups in total. The van der Waals surface area contributed by atoms with E-state index in [1.165, 1.54) is 4.90 Å². The van der Waals surface area contributed by atoms with Gasteiger partial charge in [0, 0.05) is 0 Å². The molecule has 0 bridgehead atoms. The Bertz CT molecular complexity index is 884. The Morgan fingerprint density at radius 2 is 1.12 bits per heavy atom. The monoisotopic (exact) mass is 327 g/mol. The van der Waals surface area contributed by atoms with Crippen LogP contribution in [0.25, 0.3) is 0 Å². The van der Waals surface area contributed by atoms with Gasteiger partial charge in [0.25, 0.3) is 11.8 Å². The molecule has 0 saturated carbocycles. The van der Waals surface area contributed by atoms with Gasteiger partial charge in [-0.15, -0.1) is 0 Å². The Morgan fingerprint density at radius 1 is 0.640 bits per heavy atom. The Labute approximate surface area is 146 Å². The van der Waals surface area contributed by atoms with E-state index in [0.29, 0.717) is 17.5 Å². The van der Waals surface area contributed by atoms with Crippen LogP contribution in [0, 0.1) is 0 Å². The molecule has 1 aliphatic rings. The van der Waals surface area contributed by atoms with E-state index in [2.05, 4.69) is 0 Å². The molecule has 0 saturated heterocycles. The Kier molecular flexibility index (Phi) is 3.90. The number of carbonyl (C=O) groups is 2. The molecule has 0 aliphatic carbocycles. The molecule has 1 heterocycles. The van der Waals surface area contributed by atoms with Crippen molar-refractivity contribution in [2.45, 2.75) is 12.5 Å². The maximum Gasteiger partial charge on any atom is 0.262 e. The largest absolute Gasteiger partial charge is 0.269 e. The molecule has 4 rings (SSSR count). The molecule has 0 spiro atoms. The topological polar surface area (TPSA) is 37.4 Å². The highest BCUT2D eigenvalue weighted by Crippen LogP contribution is 2.33. The molecule has 0 aromatic heterocycles. The lowest BCUT2D eigenvalue weighted by molar-refractivity contribution is 0.0581. The summed E-state index contributed by atoms with van der Waals surface area (Å²) in [6, 6.07) is 26.4. The van der Waals surface area contributed by atoms with Gasteiger partial charge in [0.2, 0.25) is 0 Å². The molecular formula is C22H17NO2. The van der Waals surface area contributed by atoms with Crippen LogP contribution < -0.4 is 0 Å². The standard InChI is InChI=1S/C22H17NO2/c24-21-18-13-7-8-14-19(18)22(25)23(21)20(17-11-5-2-6-12-17)15-16-9-3-1-4-10-16/h1-14,20H,15H2/t20-/m1/s1. The molecule has 25 heavy (non-hydrogen) atoms. The third-order valence-electron chi connectivity index (χ3n) is 4.59. The van der Waals surface area contributed by atoms with Crippen LogP contribution in [0.3, 0.4) is 0 Å². The molecule has 0 radical (unpaired) electrons. The zero-order chi connectivity index (χ0) is 17.2. The van der Waals surface area contributed by atoms with E-state index >= 15 is 0 Å². The van der Waals surface area contributed by atoms with Crippen molar-refractivity contribution in [2.24, 2.45) is 0 Å². The van der Waals surface area contributed by atoms with Crippen molar-refractivity contribution < 1.29 is 9.59 Å². The predicted molar refractivity (Wildman–Crippen MR) is 96.3 cm³/mol. The highest BCUT2D eigenvalue weighted by Gasteiger charge is 2.40. The second kappa shape index (κ2) is 6.36. The van der Waals surface area contributed by atoms with Crippen molar-refractivity contribution >= 4 is 11.8 Å². The van der Waals surface area contributed by atoms with Crippen LogP contribution in [0.4, 0.5) is 0 Å². The number of hydrogen-bond donors (Lipinski definition) is 0. The zero-order valence-corrected chi connectivity index (χ0v) is 13.6. The van der Waals surface area contributed by atoms with Crippen molar-refractivity contribution in [3.05, 3.63) is 107 Å². The quantitative estimate of drug-likeness (QED) is 0.671. The maximum atomic E-state index is 12.9. The Hall–Kier alpha value is -3.20. The number of imide groups is 1. The summed E-state index contributed by atoms with van der Waals surface area (Å²) in [5, 5.41) is 0. The number of carbonyl (C=O) groups excluding carboxylic acids is 2. The normalized spacial score (nSPS) is 14.5. The summed E-state index contributed by atoms with van der Waals surface area (Å²) in [7, 11) is 0. The van der Waals surface area contributed by atoms with Crippen LogP contribution in [0.15, 0.2) is 84.9 Å². The summed E-state index contributed by atoms with van der Waals surface area (Å²) in [6.07, 6.45) is 0.594. The number of amides is 2. The lowest BCUT2D eigenvalue weighted by Gasteiger charge is -2.27. The van der Waals surface area contributed by atoms with E-state index in [4.69, 9.17) is 0 Å². The van der Waals surface area contributed by atoms with Gasteiger partial charge < -0.3 is 0 Å². The first kappa shape index (κ1) is 15.3. The van der Waals surface area contributed by atoms with Gasteiger partial charge in [0.05, 0.1) is 17.2 Å². The number of benzene rings is 3. The Balaban J connectivity index is 1.77. The van der Waals surface area contributed by atoms with E-state index < -0.39 is 0 Å². The molecule has 2 amide bonds. The van der Waals surface area contributed by atoms with Gasteiger partial charge in [-0.2, -0.15) is 0 Å². The van der Waals surface area contributed by atoms with Gasteiger partial charge in [-0.3, -0.25) is 14.5 Å². The lowest BCUT2D eigenvalue weighted by atomic mass is 9.97.